The number of benzene rings is 4. The molecule has 0 aliphatic carbocycles. The molecule has 4 aromatic carbocycles. The number of anilines is 1. The average molecular weight is 490 g/mol. The first kappa shape index (κ1) is 22.3. The topological polar surface area (TPSA) is 48.5 Å². The van der Waals surface area contributed by atoms with Gasteiger partial charge in [0.25, 0.3) is 5.91 Å². The lowest BCUT2D eigenvalue weighted by atomic mass is 9.95. The van der Waals surface area contributed by atoms with Gasteiger partial charge in [-0.2, -0.15) is 0 Å². The van der Waals surface area contributed by atoms with Crippen molar-refractivity contribution in [3.8, 4) is 0 Å². The Morgan fingerprint density at radius 2 is 1.58 bits per heavy atom. The molecule has 176 valence electrons. The van der Waals surface area contributed by atoms with Gasteiger partial charge in [0, 0.05) is 38.8 Å². The molecule has 0 fully saturated rings. The van der Waals surface area contributed by atoms with Crippen LogP contribution in [-0.2, 0) is 11.3 Å². The third kappa shape index (κ3) is 3.80. The summed E-state index contributed by atoms with van der Waals surface area (Å²) >= 11 is 6.65. The van der Waals surface area contributed by atoms with E-state index in [9.17, 15) is 4.79 Å². The number of para-hydroxylation sites is 1. The summed E-state index contributed by atoms with van der Waals surface area (Å²) in [4.78, 5) is 24.8. The number of H-pyrrole nitrogens is 1. The lowest BCUT2D eigenvalue weighted by Crippen LogP contribution is -2.34. The highest BCUT2D eigenvalue weighted by atomic mass is 35.5. The highest BCUT2D eigenvalue weighted by Crippen LogP contribution is 2.39. The Balaban J connectivity index is 1.63. The number of fused-ring (bicyclic) bond motifs is 2. The number of benzodiazepines with no additional fused rings is 1. The minimum Gasteiger partial charge on any atom is -0.361 e. The Labute approximate surface area is 214 Å². The smallest absolute Gasteiger partial charge is 0.256 e. The molecule has 0 saturated carbocycles. The molecule has 1 amide bonds. The Morgan fingerprint density at radius 3 is 2.36 bits per heavy atom. The van der Waals surface area contributed by atoms with Crippen molar-refractivity contribution >= 4 is 39.8 Å². The van der Waals surface area contributed by atoms with Gasteiger partial charge in [-0.1, -0.05) is 90.5 Å². The second-order valence-corrected chi connectivity index (χ2v) is 9.42. The van der Waals surface area contributed by atoms with E-state index >= 15 is 0 Å². The van der Waals surface area contributed by atoms with Crippen LogP contribution in [0.15, 0.2) is 108 Å². The second-order valence-electron chi connectivity index (χ2n) is 9.01. The van der Waals surface area contributed by atoms with Gasteiger partial charge in [0.2, 0.25) is 0 Å². The summed E-state index contributed by atoms with van der Waals surface area (Å²) in [7, 11) is 0. The molecule has 5 heteroatoms. The van der Waals surface area contributed by atoms with Gasteiger partial charge in [-0.25, -0.2) is 0 Å². The van der Waals surface area contributed by atoms with Crippen LogP contribution in [0.1, 0.15) is 33.9 Å². The number of aliphatic imine (C=N–C) groups is 1. The number of nitrogens with zero attached hydrogens (tertiary/aromatic N) is 2. The highest BCUT2D eigenvalue weighted by Gasteiger charge is 2.35. The molecule has 36 heavy (non-hydrogen) atoms. The summed E-state index contributed by atoms with van der Waals surface area (Å²) in [6, 6.07) is 31.2. The van der Waals surface area contributed by atoms with Crippen molar-refractivity contribution in [2.24, 2.45) is 4.99 Å². The molecule has 0 unspecified atom stereocenters. The largest absolute Gasteiger partial charge is 0.361 e. The molecule has 2 heterocycles. The number of aromatic nitrogens is 1. The van der Waals surface area contributed by atoms with Crippen LogP contribution in [-0.4, -0.2) is 16.6 Å². The molecule has 1 N–H and O–H groups in total. The number of nitrogens with one attached hydrogen (secondary N) is 1. The summed E-state index contributed by atoms with van der Waals surface area (Å²) in [6.45, 7) is 2.43. The number of hydrogen-bond acceptors (Lipinski definition) is 2. The highest BCUT2D eigenvalue weighted by molar-refractivity contribution is 6.33. The van der Waals surface area contributed by atoms with Crippen LogP contribution in [0.5, 0.6) is 0 Å². The molecule has 6 rings (SSSR count). The summed E-state index contributed by atoms with van der Waals surface area (Å²) in [5.74, 6) is -0.0718. The molecule has 4 nitrogen and oxygen atoms in total. The Hall–Kier alpha value is -4.15. The van der Waals surface area contributed by atoms with Gasteiger partial charge in [0.05, 0.1) is 17.9 Å². The first-order valence-electron chi connectivity index (χ1n) is 12.0. The molecule has 1 aliphatic rings. The van der Waals surface area contributed by atoms with Crippen LogP contribution in [0, 0.1) is 6.92 Å². The predicted octanol–water partition coefficient (Wildman–Crippen LogP) is 7.26. The molecule has 1 atom stereocenters. The summed E-state index contributed by atoms with van der Waals surface area (Å²) in [5.41, 5.74) is 7.21. The van der Waals surface area contributed by atoms with E-state index in [4.69, 9.17) is 16.6 Å². The van der Waals surface area contributed by atoms with E-state index in [0.717, 1.165) is 50.1 Å². The fraction of sp³-hybridized carbons (Fsp3) is 0.0968. The standard InChI is InChI=1S/C31H24ClN3O/c1-20-25(32)16-17-27-28(20)29(22-12-6-3-7-13-22)34-30(24-18-33-26-15-9-8-14-23(24)26)31(36)35(27)19-21-10-4-2-5-11-21/h2-18,30,33H,19H2,1H3/t30-/m1/s1. The third-order valence-electron chi connectivity index (χ3n) is 6.81. The SMILES string of the molecule is Cc1c(Cl)ccc2c1C(c1ccccc1)=N[C@H](c1c[nH]c3ccccc13)C(=O)N2Cc1ccccc1. The van der Waals surface area contributed by atoms with Gasteiger partial charge in [-0.3, -0.25) is 9.79 Å². The Morgan fingerprint density at radius 1 is 0.889 bits per heavy atom. The quantitative estimate of drug-likeness (QED) is 0.284. The van der Waals surface area contributed by atoms with Crippen LogP contribution < -0.4 is 4.90 Å². The van der Waals surface area contributed by atoms with E-state index < -0.39 is 6.04 Å². The maximum atomic E-state index is 14.4. The van der Waals surface area contributed by atoms with Crippen molar-refractivity contribution in [3.63, 3.8) is 0 Å². The molecule has 1 aromatic heterocycles. The predicted molar refractivity (Wildman–Crippen MR) is 147 cm³/mol. The van der Waals surface area contributed by atoms with Crippen molar-refractivity contribution in [1.82, 2.24) is 4.98 Å². The van der Waals surface area contributed by atoms with E-state index in [1.807, 2.05) is 115 Å². The number of carbonyl (C=O) groups excluding carboxylic acids is 1. The van der Waals surface area contributed by atoms with Crippen molar-refractivity contribution in [3.05, 3.63) is 136 Å². The van der Waals surface area contributed by atoms with Crippen molar-refractivity contribution in [2.45, 2.75) is 19.5 Å². The molecule has 0 radical (unpaired) electrons. The summed E-state index contributed by atoms with van der Waals surface area (Å²) in [6.07, 6.45) is 1.91. The molecule has 5 aromatic rings. The fourth-order valence-corrected chi connectivity index (χ4v) is 5.14. The maximum Gasteiger partial charge on any atom is 0.256 e. The summed E-state index contributed by atoms with van der Waals surface area (Å²) < 4.78 is 0. The molecule has 1 aliphatic heterocycles. The van der Waals surface area contributed by atoms with Crippen LogP contribution in [0.2, 0.25) is 5.02 Å². The molecular formula is C31H24ClN3O. The first-order chi connectivity index (χ1) is 17.6. The first-order valence-corrected chi connectivity index (χ1v) is 12.3. The van der Waals surface area contributed by atoms with E-state index in [0.29, 0.717) is 11.6 Å². The zero-order valence-electron chi connectivity index (χ0n) is 19.8. The van der Waals surface area contributed by atoms with Gasteiger partial charge < -0.3 is 9.88 Å². The number of halogens is 1. The van der Waals surface area contributed by atoms with Crippen LogP contribution in [0.3, 0.4) is 0 Å². The number of rotatable bonds is 4. The normalized spacial score (nSPS) is 15.5. The van der Waals surface area contributed by atoms with Crippen LogP contribution in [0.25, 0.3) is 10.9 Å². The molecular weight excluding hydrogens is 466 g/mol. The fourth-order valence-electron chi connectivity index (χ4n) is 4.98. The zero-order valence-corrected chi connectivity index (χ0v) is 20.5. The minimum atomic E-state index is -0.717. The maximum absolute atomic E-state index is 14.4. The lowest BCUT2D eigenvalue weighted by molar-refractivity contribution is -0.120. The molecule has 0 spiro atoms. The third-order valence-corrected chi connectivity index (χ3v) is 7.22. The van der Waals surface area contributed by atoms with E-state index in [1.54, 1.807) is 0 Å². The van der Waals surface area contributed by atoms with Gasteiger partial charge in [0.15, 0.2) is 6.04 Å². The van der Waals surface area contributed by atoms with E-state index in [2.05, 4.69) is 4.98 Å². The van der Waals surface area contributed by atoms with Gasteiger partial charge >= 0.3 is 0 Å². The van der Waals surface area contributed by atoms with Crippen LogP contribution in [0.4, 0.5) is 5.69 Å². The number of carbonyl (C=O) groups is 1. The Bertz CT molecular complexity index is 1610. The number of amides is 1. The lowest BCUT2D eigenvalue weighted by Gasteiger charge is -2.26. The van der Waals surface area contributed by atoms with Crippen molar-refractivity contribution < 1.29 is 4.79 Å². The van der Waals surface area contributed by atoms with Crippen LogP contribution >= 0.6 is 11.6 Å². The van der Waals surface area contributed by atoms with Crippen molar-refractivity contribution in [2.75, 3.05) is 4.90 Å². The zero-order chi connectivity index (χ0) is 24.6. The number of hydrogen-bond donors (Lipinski definition) is 1. The average Bonchev–Trinajstić information content (AvgIpc) is 3.30. The minimum absolute atomic E-state index is 0.0718. The van der Waals surface area contributed by atoms with E-state index in [1.165, 1.54) is 0 Å². The monoisotopic (exact) mass is 489 g/mol. The molecule has 0 saturated heterocycles. The summed E-state index contributed by atoms with van der Waals surface area (Å²) in [5, 5.41) is 1.64. The number of aromatic amines is 1. The van der Waals surface area contributed by atoms with Crippen molar-refractivity contribution in [1.29, 1.82) is 0 Å². The van der Waals surface area contributed by atoms with Gasteiger partial charge in [-0.15, -0.1) is 0 Å². The molecule has 0 bridgehead atoms. The van der Waals surface area contributed by atoms with E-state index in [-0.39, 0.29) is 5.91 Å². The van der Waals surface area contributed by atoms with Gasteiger partial charge in [-0.05, 0) is 36.2 Å². The van der Waals surface area contributed by atoms with Gasteiger partial charge in [0.1, 0.15) is 0 Å². The Kier molecular flexibility index (Phi) is 5.67. The second kappa shape index (κ2) is 9.14.